The molecular weight excluding hydrogens is 660 g/mol. The van der Waals surface area contributed by atoms with Crippen molar-refractivity contribution in [2.75, 3.05) is 20.8 Å². The fourth-order valence-electron chi connectivity index (χ4n) is 6.79. The van der Waals surface area contributed by atoms with E-state index in [9.17, 15) is 19.5 Å². The lowest BCUT2D eigenvalue weighted by Crippen LogP contribution is -2.43. The number of carboxylic acid groups (broad SMARTS) is 1. The molecule has 0 fully saturated rings. The van der Waals surface area contributed by atoms with Crippen LogP contribution in [0.1, 0.15) is 38.5 Å². The number of nitrogens with zero attached hydrogens (tertiary/aromatic N) is 1. The number of rotatable bonds is 12. The van der Waals surface area contributed by atoms with E-state index < -0.39 is 24.1 Å². The monoisotopic (exact) mass is 696 g/mol. The predicted octanol–water partition coefficient (Wildman–Crippen LogP) is 7.54. The van der Waals surface area contributed by atoms with Gasteiger partial charge >= 0.3 is 18.0 Å². The fraction of sp³-hybridized carbons (Fsp3) is 0.167. The third kappa shape index (κ3) is 6.78. The van der Waals surface area contributed by atoms with Crippen molar-refractivity contribution in [3.8, 4) is 28.4 Å². The highest BCUT2D eigenvalue weighted by Crippen LogP contribution is 2.44. The van der Waals surface area contributed by atoms with Gasteiger partial charge < -0.3 is 29.4 Å². The maximum absolute atomic E-state index is 13.1. The largest absolute Gasteiger partial charge is 0.497 e. The maximum atomic E-state index is 13.1. The first kappa shape index (κ1) is 33.9. The summed E-state index contributed by atoms with van der Waals surface area (Å²) in [6.07, 6.45) is -0.824. The summed E-state index contributed by atoms with van der Waals surface area (Å²) in [5.74, 6) is -0.839. The molecule has 6 aromatic rings. The maximum Gasteiger partial charge on any atom is 0.407 e. The molecule has 1 atom stereocenters. The summed E-state index contributed by atoms with van der Waals surface area (Å²) in [5.41, 5.74) is 6.84. The van der Waals surface area contributed by atoms with E-state index in [1.165, 1.54) is 13.2 Å². The normalized spacial score (nSPS) is 12.4. The Balaban J connectivity index is 1.11. The second-order valence-corrected chi connectivity index (χ2v) is 12.4. The van der Waals surface area contributed by atoms with Crippen molar-refractivity contribution in [2.45, 2.75) is 25.0 Å². The second-order valence-electron chi connectivity index (χ2n) is 12.4. The van der Waals surface area contributed by atoms with Crippen LogP contribution in [0, 0.1) is 0 Å². The minimum Gasteiger partial charge on any atom is -0.497 e. The molecule has 10 heteroatoms. The van der Waals surface area contributed by atoms with Gasteiger partial charge in [0.15, 0.2) is 5.88 Å². The highest BCUT2D eigenvalue weighted by molar-refractivity contribution is 5.95. The number of methoxy groups -OCH3 is 2. The number of para-hydroxylation sites is 1. The van der Waals surface area contributed by atoms with Gasteiger partial charge in [0.2, 0.25) is 0 Å². The number of benzene rings is 5. The Hall–Kier alpha value is -6.55. The smallest absolute Gasteiger partial charge is 0.407 e. The Kier molecular flexibility index (Phi) is 9.62. The standard InChI is InChI=1S/C42H36N2O8/c1-49-29-18-15-26(16-19-29)24-51-39-23-28-9-3-8-14-37(28)44(39)38-20-17-27(21-34(38)40(45)46)22-36(41(47)50-2)43-42(48)52-25-35-32-12-6-4-10-30(32)31-11-5-7-13-33(31)35/h3-21,23,35-36H,22,24-25H2,1-2H3,(H,43,48)(H,45,46). The van der Waals surface area contributed by atoms with Crippen LogP contribution in [-0.4, -0.2) is 54.6 Å². The number of carbonyl (C=O) groups excluding carboxylic acids is 2. The van der Waals surface area contributed by atoms with Gasteiger partial charge in [-0.25, -0.2) is 14.4 Å². The van der Waals surface area contributed by atoms with Crippen LogP contribution in [0.3, 0.4) is 0 Å². The van der Waals surface area contributed by atoms with Crippen molar-refractivity contribution >= 4 is 28.9 Å². The number of nitrogens with one attached hydrogen (secondary N) is 1. The molecule has 0 spiro atoms. The Morgan fingerprint density at radius 3 is 2.12 bits per heavy atom. The molecule has 0 aliphatic heterocycles. The average Bonchev–Trinajstić information content (AvgIpc) is 3.71. The van der Waals surface area contributed by atoms with Crippen LogP contribution in [0.15, 0.2) is 121 Å². The first-order chi connectivity index (χ1) is 25.3. The number of fused-ring (bicyclic) bond motifs is 4. The summed E-state index contributed by atoms with van der Waals surface area (Å²) in [7, 11) is 2.83. The van der Waals surface area contributed by atoms with Gasteiger partial charge in [0, 0.05) is 23.8 Å². The summed E-state index contributed by atoms with van der Waals surface area (Å²) in [6.45, 7) is 0.308. The number of aromatic nitrogens is 1. The van der Waals surface area contributed by atoms with Gasteiger partial charge in [0.1, 0.15) is 25.0 Å². The predicted molar refractivity (Wildman–Crippen MR) is 195 cm³/mol. The molecule has 1 amide bonds. The average molecular weight is 697 g/mol. The fourth-order valence-corrected chi connectivity index (χ4v) is 6.79. The molecular formula is C42H36N2O8. The number of carbonyl (C=O) groups is 3. The molecule has 1 aliphatic rings. The molecule has 0 radical (unpaired) electrons. The van der Waals surface area contributed by atoms with Crippen molar-refractivity contribution in [1.29, 1.82) is 0 Å². The number of esters is 1. The summed E-state index contributed by atoms with van der Waals surface area (Å²) in [6, 6.07) is 36.7. The highest BCUT2D eigenvalue weighted by atomic mass is 16.6. The molecule has 262 valence electrons. The number of aromatic carboxylic acids is 1. The third-order valence-electron chi connectivity index (χ3n) is 9.32. The van der Waals surface area contributed by atoms with Crippen LogP contribution in [0.4, 0.5) is 4.79 Å². The Labute approximate surface area is 300 Å². The van der Waals surface area contributed by atoms with E-state index in [1.807, 2.05) is 103 Å². The zero-order valence-electron chi connectivity index (χ0n) is 28.6. The molecule has 2 N–H and O–H groups in total. The Bertz CT molecular complexity index is 2230. The lowest BCUT2D eigenvalue weighted by atomic mass is 9.98. The minimum atomic E-state index is -1.17. The van der Waals surface area contributed by atoms with Gasteiger partial charge in [-0.1, -0.05) is 84.9 Å². The van der Waals surface area contributed by atoms with Gasteiger partial charge in [0.05, 0.1) is 31.0 Å². The molecule has 10 nitrogen and oxygen atoms in total. The molecule has 0 saturated carbocycles. The lowest BCUT2D eigenvalue weighted by Gasteiger charge is -2.19. The molecule has 1 heterocycles. The van der Waals surface area contributed by atoms with E-state index in [-0.39, 0.29) is 31.1 Å². The van der Waals surface area contributed by atoms with Gasteiger partial charge in [-0.15, -0.1) is 0 Å². The number of ether oxygens (including phenoxy) is 4. The molecule has 52 heavy (non-hydrogen) atoms. The van der Waals surface area contributed by atoms with E-state index in [2.05, 4.69) is 5.32 Å². The second kappa shape index (κ2) is 14.7. The number of amides is 1. The molecule has 1 aliphatic carbocycles. The first-order valence-electron chi connectivity index (χ1n) is 16.8. The zero-order valence-corrected chi connectivity index (χ0v) is 28.6. The molecule has 0 bridgehead atoms. The van der Waals surface area contributed by atoms with Gasteiger partial charge in [-0.3, -0.25) is 4.57 Å². The number of alkyl carbamates (subject to hydrolysis) is 1. The quantitative estimate of drug-likeness (QED) is 0.126. The summed E-state index contributed by atoms with van der Waals surface area (Å²) >= 11 is 0. The first-order valence-corrected chi connectivity index (χ1v) is 16.8. The van der Waals surface area contributed by atoms with Crippen LogP contribution in [0.2, 0.25) is 0 Å². The summed E-state index contributed by atoms with van der Waals surface area (Å²) in [5, 5.41) is 13.9. The SMILES string of the molecule is COC(=O)C(Cc1ccc(-n2c(OCc3ccc(OC)cc3)cc3ccccc32)c(C(=O)O)c1)NC(=O)OCC1c2ccccc2-c2ccccc21. The van der Waals surface area contributed by atoms with Gasteiger partial charge in [-0.05, 0) is 63.7 Å². The van der Waals surface area contributed by atoms with E-state index in [0.29, 0.717) is 17.1 Å². The van der Waals surface area contributed by atoms with Crippen molar-refractivity contribution in [3.05, 3.63) is 149 Å². The zero-order chi connectivity index (χ0) is 36.2. The molecule has 1 unspecified atom stereocenters. The molecule has 7 rings (SSSR count). The minimum absolute atomic E-state index is 0.0158. The number of carboxylic acids is 1. The highest BCUT2D eigenvalue weighted by Gasteiger charge is 2.30. The summed E-state index contributed by atoms with van der Waals surface area (Å²) in [4.78, 5) is 38.8. The van der Waals surface area contributed by atoms with Crippen molar-refractivity contribution in [2.24, 2.45) is 0 Å². The van der Waals surface area contributed by atoms with Crippen LogP contribution >= 0.6 is 0 Å². The van der Waals surface area contributed by atoms with Crippen molar-refractivity contribution < 1.29 is 38.4 Å². The molecule has 5 aromatic carbocycles. The van der Waals surface area contributed by atoms with Crippen LogP contribution in [0.25, 0.3) is 27.7 Å². The lowest BCUT2D eigenvalue weighted by molar-refractivity contribution is -0.143. The van der Waals surface area contributed by atoms with Gasteiger partial charge in [0.25, 0.3) is 0 Å². The van der Waals surface area contributed by atoms with E-state index in [1.54, 1.807) is 23.8 Å². The van der Waals surface area contributed by atoms with Crippen LogP contribution in [0.5, 0.6) is 11.6 Å². The molecule has 0 saturated heterocycles. The van der Waals surface area contributed by atoms with Crippen molar-refractivity contribution in [1.82, 2.24) is 9.88 Å². The van der Waals surface area contributed by atoms with Gasteiger partial charge in [-0.2, -0.15) is 0 Å². The summed E-state index contributed by atoms with van der Waals surface area (Å²) < 4.78 is 24.0. The molecule has 1 aromatic heterocycles. The van der Waals surface area contributed by atoms with E-state index in [0.717, 1.165) is 44.5 Å². The van der Waals surface area contributed by atoms with Crippen LogP contribution < -0.4 is 14.8 Å². The third-order valence-corrected chi connectivity index (χ3v) is 9.32. The number of hydrogen-bond acceptors (Lipinski definition) is 7. The van der Waals surface area contributed by atoms with Crippen LogP contribution in [-0.2, 0) is 27.3 Å². The van der Waals surface area contributed by atoms with Crippen molar-refractivity contribution in [3.63, 3.8) is 0 Å². The van der Waals surface area contributed by atoms with E-state index >= 15 is 0 Å². The Morgan fingerprint density at radius 2 is 1.44 bits per heavy atom. The van der Waals surface area contributed by atoms with E-state index in [4.69, 9.17) is 18.9 Å². The topological polar surface area (TPSA) is 125 Å². The Morgan fingerprint density at radius 1 is 0.788 bits per heavy atom. The number of hydrogen-bond donors (Lipinski definition) is 2.